The maximum atomic E-state index is 14.8. The number of aromatic hydroxyl groups is 1. The number of rotatable bonds is 9. The summed E-state index contributed by atoms with van der Waals surface area (Å²) in [7, 11) is 1.88. The Balaban J connectivity index is 1.26. The number of phenolic OH excluding ortho intramolecular Hbond substituents is 1. The number of halogens is 1. The molecular formula is C41H45ClN6O5. The molecule has 12 heteroatoms. The van der Waals surface area contributed by atoms with Crippen molar-refractivity contribution < 1.29 is 24.5 Å². The van der Waals surface area contributed by atoms with Crippen molar-refractivity contribution in [2.75, 3.05) is 37.7 Å². The molecule has 7 rings (SSSR count). The van der Waals surface area contributed by atoms with Crippen molar-refractivity contribution in [2.24, 2.45) is 7.05 Å². The summed E-state index contributed by atoms with van der Waals surface area (Å²) in [6.45, 7) is 9.72. The molecule has 2 aliphatic heterocycles. The average Bonchev–Trinajstić information content (AvgIpc) is 3.70. The number of morpholine rings is 1. The molecule has 2 aromatic heterocycles. The van der Waals surface area contributed by atoms with Crippen molar-refractivity contribution in [2.45, 2.75) is 51.9 Å². The van der Waals surface area contributed by atoms with E-state index in [0.717, 1.165) is 31.6 Å². The normalized spacial score (nSPS) is 16.4. The second-order valence-electron chi connectivity index (χ2n) is 14.6. The van der Waals surface area contributed by atoms with Gasteiger partial charge in [0.1, 0.15) is 5.75 Å². The number of nitrogens with zero attached hydrogens (tertiary/aromatic N) is 6. The Morgan fingerprint density at radius 2 is 1.70 bits per heavy atom. The number of amides is 2. The minimum Gasteiger partial charge on any atom is -0.508 e. The van der Waals surface area contributed by atoms with E-state index in [4.69, 9.17) is 16.3 Å². The molecule has 2 aliphatic rings. The molecular weight excluding hydrogens is 692 g/mol. The summed E-state index contributed by atoms with van der Waals surface area (Å²) in [4.78, 5) is 35.4. The summed E-state index contributed by atoms with van der Waals surface area (Å²) in [5.74, 6) is -0.355. The molecule has 276 valence electrons. The number of anilines is 2. The number of aliphatic hydroxyl groups is 1. The van der Waals surface area contributed by atoms with Gasteiger partial charge < -0.3 is 24.4 Å². The van der Waals surface area contributed by atoms with E-state index in [-0.39, 0.29) is 30.2 Å². The number of carbonyl (C=O) groups excluding carboxylic acids is 2. The van der Waals surface area contributed by atoms with Gasteiger partial charge in [0.05, 0.1) is 42.8 Å². The molecule has 2 N–H and O–H groups in total. The summed E-state index contributed by atoms with van der Waals surface area (Å²) in [6, 6.07) is 21.8. The van der Waals surface area contributed by atoms with Crippen molar-refractivity contribution >= 4 is 34.8 Å². The van der Waals surface area contributed by atoms with Gasteiger partial charge in [-0.05, 0) is 86.8 Å². The van der Waals surface area contributed by atoms with Crippen molar-refractivity contribution in [3.63, 3.8) is 0 Å². The predicted octanol–water partition coefficient (Wildman–Crippen LogP) is 6.20. The fourth-order valence-corrected chi connectivity index (χ4v) is 7.54. The maximum absolute atomic E-state index is 14.8. The van der Waals surface area contributed by atoms with Crippen molar-refractivity contribution in [3.05, 3.63) is 118 Å². The molecule has 0 saturated carbocycles. The Hall–Kier alpha value is -4.94. The second-order valence-corrected chi connectivity index (χ2v) is 15.1. The van der Waals surface area contributed by atoms with Crippen LogP contribution in [0.5, 0.6) is 5.75 Å². The maximum Gasteiger partial charge on any atom is 0.264 e. The van der Waals surface area contributed by atoms with E-state index in [9.17, 15) is 19.8 Å². The highest BCUT2D eigenvalue weighted by Gasteiger charge is 2.34. The van der Waals surface area contributed by atoms with Crippen LogP contribution in [0.25, 0.3) is 11.3 Å². The van der Waals surface area contributed by atoms with Crippen LogP contribution in [0.2, 0.25) is 5.02 Å². The summed E-state index contributed by atoms with van der Waals surface area (Å²) in [6.07, 6.45) is 4.04. The quantitative estimate of drug-likeness (QED) is 0.185. The third kappa shape index (κ3) is 7.75. The summed E-state index contributed by atoms with van der Waals surface area (Å²) >= 11 is 6.64. The van der Waals surface area contributed by atoms with Gasteiger partial charge in [-0.2, -0.15) is 5.10 Å². The first-order valence-electron chi connectivity index (χ1n) is 17.9. The van der Waals surface area contributed by atoms with E-state index in [1.807, 2.05) is 35.6 Å². The van der Waals surface area contributed by atoms with E-state index in [2.05, 4.69) is 28.2 Å². The Bertz CT molecular complexity index is 2130. The first-order chi connectivity index (χ1) is 25.4. The zero-order valence-corrected chi connectivity index (χ0v) is 31.3. The van der Waals surface area contributed by atoms with Crippen LogP contribution in [0.4, 0.5) is 11.4 Å². The lowest BCUT2D eigenvalue weighted by atomic mass is 9.92. The summed E-state index contributed by atoms with van der Waals surface area (Å²) < 4.78 is 9.11. The Kier molecular flexibility index (Phi) is 10.2. The first-order valence-corrected chi connectivity index (χ1v) is 18.3. The van der Waals surface area contributed by atoms with Gasteiger partial charge in [-0.25, -0.2) is 0 Å². The molecule has 0 spiro atoms. The lowest BCUT2D eigenvalue weighted by molar-refractivity contribution is 0.0193. The van der Waals surface area contributed by atoms with Crippen molar-refractivity contribution in [3.8, 4) is 17.0 Å². The third-order valence-corrected chi connectivity index (χ3v) is 10.4. The van der Waals surface area contributed by atoms with Gasteiger partial charge in [-0.1, -0.05) is 35.9 Å². The molecule has 0 aliphatic carbocycles. The van der Waals surface area contributed by atoms with E-state index in [1.54, 1.807) is 61.3 Å². The highest BCUT2D eigenvalue weighted by Crippen LogP contribution is 2.36. The Morgan fingerprint density at radius 1 is 0.981 bits per heavy atom. The highest BCUT2D eigenvalue weighted by atomic mass is 35.5. The largest absolute Gasteiger partial charge is 0.508 e. The van der Waals surface area contributed by atoms with Gasteiger partial charge in [-0.3, -0.25) is 24.1 Å². The fraction of sp³-hybridized carbons (Fsp3) is 0.341. The highest BCUT2D eigenvalue weighted by molar-refractivity contribution is 6.31. The molecule has 0 bridgehead atoms. The number of aromatic nitrogens is 3. The first kappa shape index (κ1) is 36.4. The molecule has 53 heavy (non-hydrogen) atoms. The lowest BCUT2D eigenvalue weighted by Gasteiger charge is -2.40. The van der Waals surface area contributed by atoms with E-state index in [0.29, 0.717) is 64.2 Å². The predicted molar refractivity (Wildman–Crippen MR) is 205 cm³/mol. The topological polar surface area (TPSA) is 116 Å². The SMILES string of the molecule is Cc1c(C(=O)N(c2ccc(O)cc2)c2cnn(CC(C)(C)O)c2)cc(-c2cc(Cl)ccc2C(=O)N2Cc3ccccc3C[C@H]2CN2CCOCC2)n1C. The van der Waals surface area contributed by atoms with Gasteiger partial charge in [0, 0.05) is 78.7 Å². The van der Waals surface area contributed by atoms with Crippen LogP contribution in [0, 0.1) is 6.92 Å². The number of ether oxygens (including phenoxy) is 1. The number of hydrogen-bond donors (Lipinski definition) is 2. The van der Waals surface area contributed by atoms with Crippen molar-refractivity contribution in [1.29, 1.82) is 0 Å². The van der Waals surface area contributed by atoms with Crippen LogP contribution in [0.3, 0.4) is 0 Å². The smallest absolute Gasteiger partial charge is 0.264 e. The number of hydrogen-bond acceptors (Lipinski definition) is 7. The average molecular weight is 737 g/mol. The zero-order valence-electron chi connectivity index (χ0n) is 30.5. The second kappa shape index (κ2) is 14.8. The van der Waals surface area contributed by atoms with Gasteiger partial charge in [0.25, 0.3) is 11.8 Å². The van der Waals surface area contributed by atoms with Crippen molar-refractivity contribution in [1.82, 2.24) is 24.1 Å². The minimum atomic E-state index is -1.02. The number of phenols is 1. The molecule has 1 atom stereocenters. The molecule has 11 nitrogen and oxygen atoms in total. The molecule has 1 saturated heterocycles. The molecule has 4 heterocycles. The van der Waals surface area contributed by atoms with E-state index in [1.165, 1.54) is 22.6 Å². The lowest BCUT2D eigenvalue weighted by Crippen LogP contribution is -2.52. The minimum absolute atomic E-state index is 0.0393. The Morgan fingerprint density at radius 3 is 2.42 bits per heavy atom. The number of carbonyl (C=O) groups is 2. The van der Waals surface area contributed by atoms with Gasteiger partial charge in [-0.15, -0.1) is 0 Å². The molecule has 3 aromatic carbocycles. The van der Waals surface area contributed by atoms with Gasteiger partial charge in [0.15, 0.2) is 0 Å². The van der Waals surface area contributed by atoms with Crippen LogP contribution in [0.15, 0.2) is 85.2 Å². The zero-order chi connectivity index (χ0) is 37.4. The third-order valence-electron chi connectivity index (χ3n) is 10.2. The fourth-order valence-electron chi connectivity index (χ4n) is 7.37. The monoisotopic (exact) mass is 736 g/mol. The van der Waals surface area contributed by atoms with Crippen LogP contribution in [-0.2, 0) is 31.3 Å². The summed E-state index contributed by atoms with van der Waals surface area (Å²) in [5, 5.41) is 25.3. The molecule has 5 aromatic rings. The van der Waals surface area contributed by atoms with Crippen LogP contribution in [-0.4, -0.2) is 90.7 Å². The van der Waals surface area contributed by atoms with E-state index < -0.39 is 5.60 Å². The van der Waals surface area contributed by atoms with Gasteiger partial charge in [0.2, 0.25) is 0 Å². The van der Waals surface area contributed by atoms with Gasteiger partial charge >= 0.3 is 0 Å². The van der Waals surface area contributed by atoms with Crippen LogP contribution in [0.1, 0.15) is 51.4 Å². The standard InChI is InChI=1S/C41H45ClN6O5/c1-27-36(40(51)48(31-10-12-34(49)13-11-31)33-22-43-46(25-33)26-41(2,3)52)21-38(44(27)4)37-20-30(42)9-14-35(37)39(50)47-23-29-8-6-5-7-28(29)19-32(47)24-45-15-17-53-18-16-45/h5-14,20-22,25,32,49,52H,15-19,23-24,26H2,1-4H3/t32-/m0/s1. The van der Waals surface area contributed by atoms with E-state index >= 15 is 0 Å². The molecule has 2 amide bonds. The summed E-state index contributed by atoms with van der Waals surface area (Å²) in [5.41, 5.74) is 5.30. The number of fused-ring (bicyclic) bond motifs is 1. The Labute approximate surface area is 314 Å². The molecule has 0 radical (unpaired) electrons. The molecule has 1 fully saturated rings. The van der Waals surface area contributed by atoms with Crippen LogP contribution >= 0.6 is 11.6 Å². The molecule has 0 unspecified atom stereocenters. The number of benzene rings is 3. The van der Waals surface area contributed by atoms with Crippen LogP contribution < -0.4 is 4.90 Å².